The summed E-state index contributed by atoms with van der Waals surface area (Å²) in [5, 5.41) is 7.76. The van der Waals surface area contributed by atoms with Crippen LogP contribution in [0.2, 0.25) is 0 Å². The van der Waals surface area contributed by atoms with Crippen molar-refractivity contribution in [2.24, 2.45) is 0 Å². The Morgan fingerprint density at radius 2 is 1.74 bits per heavy atom. The van der Waals surface area contributed by atoms with Crippen molar-refractivity contribution in [3.05, 3.63) is 71.0 Å². The molecule has 0 radical (unpaired) electrons. The second-order valence-electron chi connectivity index (χ2n) is 5.29. The minimum atomic E-state index is 0.470. The monoisotopic (exact) mass is 341 g/mol. The van der Waals surface area contributed by atoms with E-state index in [1.807, 2.05) is 30.0 Å². The molecule has 5 heteroatoms. The average Bonchev–Trinajstić information content (AvgIpc) is 2.97. The number of nitrogens with one attached hydrogen (secondary N) is 1. The molecule has 3 aromatic rings. The highest BCUT2D eigenvalue weighted by Gasteiger charge is 2.10. The first-order chi connectivity index (χ1) is 11.3. The number of thioether (sulfide) groups is 1. The SMILES string of the molecule is CC(SCCn1c(-c2ccccc2)n[nH]c1=S)c1ccccc1. The van der Waals surface area contributed by atoms with Crippen molar-refractivity contribution in [1.29, 1.82) is 0 Å². The van der Waals surface area contributed by atoms with Crippen LogP contribution in [0.5, 0.6) is 0 Å². The third kappa shape index (κ3) is 3.92. The molecule has 0 bridgehead atoms. The zero-order valence-corrected chi connectivity index (χ0v) is 14.6. The van der Waals surface area contributed by atoms with Crippen LogP contribution in [0.4, 0.5) is 0 Å². The van der Waals surface area contributed by atoms with Gasteiger partial charge < -0.3 is 0 Å². The van der Waals surface area contributed by atoms with Gasteiger partial charge in [0.15, 0.2) is 10.6 Å². The summed E-state index contributed by atoms with van der Waals surface area (Å²) in [5.74, 6) is 1.90. The Hall–Kier alpha value is -1.85. The molecule has 0 aliphatic heterocycles. The fourth-order valence-corrected chi connectivity index (χ4v) is 3.69. The van der Waals surface area contributed by atoms with Crippen LogP contribution in [0, 0.1) is 4.77 Å². The van der Waals surface area contributed by atoms with Crippen LogP contribution in [-0.4, -0.2) is 20.5 Å². The van der Waals surface area contributed by atoms with Crippen molar-refractivity contribution >= 4 is 24.0 Å². The first kappa shape index (κ1) is 16.0. The highest BCUT2D eigenvalue weighted by molar-refractivity contribution is 7.99. The molecule has 118 valence electrons. The minimum absolute atomic E-state index is 0.470. The Balaban J connectivity index is 1.67. The van der Waals surface area contributed by atoms with Gasteiger partial charge >= 0.3 is 0 Å². The zero-order valence-electron chi connectivity index (χ0n) is 13.0. The van der Waals surface area contributed by atoms with Crippen molar-refractivity contribution in [2.45, 2.75) is 18.7 Å². The quantitative estimate of drug-likeness (QED) is 0.633. The molecule has 1 N–H and O–H groups in total. The predicted octanol–water partition coefficient (Wildman–Crippen LogP) is 5.10. The van der Waals surface area contributed by atoms with E-state index in [1.165, 1.54) is 5.56 Å². The van der Waals surface area contributed by atoms with Gasteiger partial charge in [0.25, 0.3) is 0 Å². The first-order valence-corrected chi connectivity index (χ1v) is 9.08. The fraction of sp³-hybridized carbons (Fsp3) is 0.222. The van der Waals surface area contributed by atoms with E-state index in [0.717, 1.165) is 23.7 Å². The average molecular weight is 342 g/mol. The molecule has 3 nitrogen and oxygen atoms in total. The summed E-state index contributed by atoms with van der Waals surface area (Å²) >= 11 is 7.31. The van der Waals surface area contributed by atoms with Crippen molar-refractivity contribution in [3.8, 4) is 11.4 Å². The van der Waals surface area contributed by atoms with Gasteiger partial charge in [-0.1, -0.05) is 60.7 Å². The molecule has 23 heavy (non-hydrogen) atoms. The Bertz CT molecular complexity index is 794. The molecule has 3 rings (SSSR count). The Kier molecular flexibility index (Phi) is 5.31. The molecule has 1 aromatic heterocycles. The topological polar surface area (TPSA) is 33.6 Å². The lowest BCUT2D eigenvalue weighted by Crippen LogP contribution is -2.04. The Labute approximate surface area is 145 Å². The van der Waals surface area contributed by atoms with Crippen molar-refractivity contribution in [2.75, 3.05) is 5.75 Å². The van der Waals surface area contributed by atoms with Gasteiger partial charge in [0.1, 0.15) is 0 Å². The minimum Gasteiger partial charge on any atom is -0.299 e. The van der Waals surface area contributed by atoms with Crippen LogP contribution in [0.15, 0.2) is 60.7 Å². The lowest BCUT2D eigenvalue weighted by Gasteiger charge is -2.12. The molecule has 1 unspecified atom stereocenters. The van der Waals surface area contributed by atoms with Crippen LogP contribution in [0.1, 0.15) is 17.7 Å². The molecule has 1 heterocycles. The summed E-state index contributed by atoms with van der Waals surface area (Å²) in [6.07, 6.45) is 0. The molecule has 2 aromatic carbocycles. The molecule has 0 spiro atoms. The fourth-order valence-electron chi connectivity index (χ4n) is 2.47. The number of aromatic nitrogens is 3. The molecule has 0 fully saturated rings. The normalized spacial score (nSPS) is 12.2. The lowest BCUT2D eigenvalue weighted by molar-refractivity contribution is 0.763. The largest absolute Gasteiger partial charge is 0.299 e. The van der Waals surface area contributed by atoms with Gasteiger partial charge in [-0.15, -0.1) is 0 Å². The molecular formula is C18H19N3S2. The van der Waals surface area contributed by atoms with Gasteiger partial charge in [-0.25, -0.2) is 0 Å². The van der Waals surface area contributed by atoms with E-state index in [4.69, 9.17) is 12.2 Å². The molecule has 0 aliphatic rings. The van der Waals surface area contributed by atoms with E-state index in [0.29, 0.717) is 10.0 Å². The second-order valence-corrected chi connectivity index (χ2v) is 7.13. The van der Waals surface area contributed by atoms with Crippen molar-refractivity contribution < 1.29 is 0 Å². The van der Waals surface area contributed by atoms with E-state index in [-0.39, 0.29) is 0 Å². The highest BCUT2D eigenvalue weighted by Crippen LogP contribution is 2.28. The van der Waals surface area contributed by atoms with Gasteiger partial charge in [-0.3, -0.25) is 9.67 Å². The van der Waals surface area contributed by atoms with Gasteiger partial charge in [0.2, 0.25) is 0 Å². The summed E-state index contributed by atoms with van der Waals surface area (Å²) in [4.78, 5) is 0. The number of hydrogen-bond acceptors (Lipinski definition) is 3. The molecule has 1 atom stereocenters. The molecule has 0 amide bonds. The van der Waals surface area contributed by atoms with Crippen LogP contribution in [0.3, 0.4) is 0 Å². The van der Waals surface area contributed by atoms with E-state index >= 15 is 0 Å². The van der Waals surface area contributed by atoms with Gasteiger partial charge in [-0.05, 0) is 24.7 Å². The molecule has 0 saturated carbocycles. The lowest BCUT2D eigenvalue weighted by atomic mass is 10.2. The van der Waals surface area contributed by atoms with Crippen LogP contribution >= 0.6 is 24.0 Å². The summed E-state index contributed by atoms with van der Waals surface area (Å²) < 4.78 is 2.76. The number of aromatic amines is 1. The number of benzene rings is 2. The Morgan fingerprint density at radius 1 is 1.09 bits per heavy atom. The van der Waals surface area contributed by atoms with Crippen molar-refractivity contribution in [3.63, 3.8) is 0 Å². The summed E-state index contributed by atoms with van der Waals surface area (Å²) in [6.45, 7) is 3.09. The maximum Gasteiger partial charge on any atom is 0.195 e. The van der Waals surface area contributed by atoms with Gasteiger partial charge in [-0.2, -0.15) is 16.9 Å². The summed E-state index contributed by atoms with van der Waals surface area (Å²) in [7, 11) is 0. The van der Waals surface area contributed by atoms with E-state index < -0.39 is 0 Å². The van der Waals surface area contributed by atoms with Crippen LogP contribution in [0.25, 0.3) is 11.4 Å². The Morgan fingerprint density at radius 3 is 2.43 bits per heavy atom. The molecule has 0 aliphatic carbocycles. The van der Waals surface area contributed by atoms with Crippen molar-refractivity contribution in [1.82, 2.24) is 14.8 Å². The van der Waals surface area contributed by atoms with E-state index in [1.54, 1.807) is 0 Å². The number of nitrogens with zero attached hydrogens (tertiary/aromatic N) is 2. The number of rotatable bonds is 6. The maximum absolute atomic E-state index is 5.38. The van der Waals surface area contributed by atoms with E-state index in [2.05, 4.69) is 64.2 Å². The smallest absolute Gasteiger partial charge is 0.195 e. The maximum atomic E-state index is 5.38. The van der Waals surface area contributed by atoms with Gasteiger partial charge in [0, 0.05) is 23.1 Å². The first-order valence-electron chi connectivity index (χ1n) is 7.63. The molecule has 0 saturated heterocycles. The second kappa shape index (κ2) is 7.62. The predicted molar refractivity (Wildman–Crippen MR) is 100 cm³/mol. The number of H-pyrrole nitrogens is 1. The standard InChI is InChI=1S/C18H19N3S2/c1-14(15-8-4-2-5-9-15)23-13-12-21-17(19-20-18(21)22)16-10-6-3-7-11-16/h2-11,14H,12-13H2,1H3,(H,20,22). The van der Waals surface area contributed by atoms with Gasteiger partial charge in [0.05, 0.1) is 0 Å². The zero-order chi connectivity index (χ0) is 16.1. The van der Waals surface area contributed by atoms with Crippen LogP contribution < -0.4 is 0 Å². The third-order valence-corrected chi connectivity index (χ3v) is 5.24. The molecular weight excluding hydrogens is 322 g/mol. The van der Waals surface area contributed by atoms with E-state index in [9.17, 15) is 0 Å². The summed E-state index contributed by atoms with van der Waals surface area (Å²) in [6, 6.07) is 20.7. The number of hydrogen-bond donors (Lipinski definition) is 1. The summed E-state index contributed by atoms with van der Waals surface area (Å²) in [5.41, 5.74) is 2.44. The third-order valence-electron chi connectivity index (χ3n) is 3.74. The highest BCUT2D eigenvalue weighted by atomic mass is 32.2. The van der Waals surface area contributed by atoms with Crippen LogP contribution in [-0.2, 0) is 6.54 Å².